The number of hydrogen-bond acceptors (Lipinski definition) is 1. The minimum Gasteiger partial charge on any atom is -0.260 e. The molecule has 3 rings (SSSR count). The molecule has 2 aromatic rings. The van der Waals surface area contributed by atoms with E-state index < -0.39 is 0 Å². The molecule has 0 amide bonds. The minimum atomic E-state index is 0.978. The molecular formula is C16H15N. The third-order valence-electron chi connectivity index (χ3n) is 3.25. The number of aromatic nitrogens is 1. The fraction of sp³-hybridized carbons (Fsp3) is 0.188. The normalized spacial score (nSPS) is 14.9. The van der Waals surface area contributed by atoms with E-state index in [-0.39, 0.29) is 0 Å². The quantitative estimate of drug-likeness (QED) is 0.745. The van der Waals surface area contributed by atoms with Crippen molar-refractivity contribution in [3.8, 4) is 0 Å². The molecule has 0 unspecified atom stereocenters. The van der Waals surface area contributed by atoms with Crippen molar-refractivity contribution in [2.75, 3.05) is 0 Å². The Bertz CT molecular complexity index is 588. The summed E-state index contributed by atoms with van der Waals surface area (Å²) in [4.78, 5) is 4.54. The smallest absolute Gasteiger partial charge is 0.0522 e. The molecule has 0 aliphatic heterocycles. The van der Waals surface area contributed by atoms with Gasteiger partial charge in [0.1, 0.15) is 0 Å². The molecule has 0 spiro atoms. The lowest BCUT2D eigenvalue weighted by Gasteiger charge is -2.10. The topological polar surface area (TPSA) is 12.9 Å². The van der Waals surface area contributed by atoms with Gasteiger partial charge >= 0.3 is 0 Å². The summed E-state index contributed by atoms with van der Waals surface area (Å²) in [7, 11) is 0. The second-order valence-electron chi connectivity index (χ2n) is 4.45. The molecule has 1 aliphatic rings. The molecule has 1 aliphatic carbocycles. The molecular weight excluding hydrogens is 206 g/mol. The standard InChI is InChI=1S/C16H15N/c1-2-6-13(7-3-1)12-16-15-9-5-4-8-14(15)10-11-17-16/h1-2,4-6,8-11H,3,7,12H2. The maximum atomic E-state index is 4.54. The van der Waals surface area contributed by atoms with Gasteiger partial charge in [-0.05, 0) is 24.3 Å². The largest absolute Gasteiger partial charge is 0.260 e. The average molecular weight is 221 g/mol. The molecule has 0 atom stereocenters. The first-order valence-electron chi connectivity index (χ1n) is 6.11. The molecule has 1 aromatic carbocycles. The van der Waals surface area contributed by atoms with Crippen molar-refractivity contribution in [1.29, 1.82) is 0 Å². The summed E-state index contributed by atoms with van der Waals surface area (Å²) in [5, 5.41) is 2.56. The van der Waals surface area contributed by atoms with Gasteiger partial charge in [0.25, 0.3) is 0 Å². The highest BCUT2D eigenvalue weighted by atomic mass is 14.7. The molecule has 17 heavy (non-hydrogen) atoms. The van der Waals surface area contributed by atoms with E-state index in [1.165, 1.54) is 28.5 Å². The number of fused-ring (bicyclic) bond motifs is 1. The summed E-state index contributed by atoms with van der Waals surface area (Å²) in [5.74, 6) is 0. The summed E-state index contributed by atoms with van der Waals surface area (Å²) in [5.41, 5.74) is 2.68. The predicted octanol–water partition coefficient (Wildman–Crippen LogP) is 4.05. The van der Waals surface area contributed by atoms with Crippen LogP contribution >= 0.6 is 0 Å². The number of allylic oxidation sites excluding steroid dienone is 4. The second-order valence-corrected chi connectivity index (χ2v) is 4.45. The average Bonchev–Trinajstić information content (AvgIpc) is 2.40. The lowest BCUT2D eigenvalue weighted by molar-refractivity contribution is 0.898. The second kappa shape index (κ2) is 4.54. The number of benzene rings is 1. The zero-order chi connectivity index (χ0) is 11.5. The Kier molecular flexibility index (Phi) is 2.74. The summed E-state index contributed by atoms with van der Waals surface area (Å²) < 4.78 is 0. The summed E-state index contributed by atoms with van der Waals surface area (Å²) in [6, 6.07) is 10.6. The molecule has 0 radical (unpaired) electrons. The highest BCUT2D eigenvalue weighted by molar-refractivity contribution is 5.84. The molecule has 0 bridgehead atoms. The maximum Gasteiger partial charge on any atom is 0.0522 e. The van der Waals surface area contributed by atoms with E-state index in [2.05, 4.69) is 53.5 Å². The Labute approximate surface area is 102 Å². The van der Waals surface area contributed by atoms with Crippen LogP contribution in [0.15, 0.2) is 60.3 Å². The van der Waals surface area contributed by atoms with Gasteiger partial charge in [-0.3, -0.25) is 4.98 Å². The zero-order valence-electron chi connectivity index (χ0n) is 9.76. The van der Waals surface area contributed by atoms with E-state index in [0.29, 0.717) is 0 Å². The minimum absolute atomic E-state index is 0.978. The van der Waals surface area contributed by atoms with Crippen LogP contribution in [-0.2, 0) is 6.42 Å². The van der Waals surface area contributed by atoms with Gasteiger partial charge in [-0.2, -0.15) is 0 Å². The Morgan fingerprint density at radius 1 is 1.12 bits per heavy atom. The molecule has 1 heterocycles. The number of pyridine rings is 1. The number of rotatable bonds is 2. The molecule has 0 N–H and O–H groups in total. The molecule has 0 fully saturated rings. The Morgan fingerprint density at radius 3 is 2.94 bits per heavy atom. The van der Waals surface area contributed by atoms with E-state index in [0.717, 1.165) is 12.8 Å². The Balaban J connectivity index is 2.00. The monoisotopic (exact) mass is 221 g/mol. The molecule has 1 heteroatoms. The van der Waals surface area contributed by atoms with E-state index in [4.69, 9.17) is 0 Å². The van der Waals surface area contributed by atoms with Crippen LogP contribution in [0.1, 0.15) is 18.5 Å². The van der Waals surface area contributed by atoms with E-state index in [1.807, 2.05) is 6.20 Å². The third-order valence-corrected chi connectivity index (χ3v) is 3.25. The van der Waals surface area contributed by atoms with Gasteiger partial charge in [0.2, 0.25) is 0 Å². The number of nitrogens with zero attached hydrogens (tertiary/aromatic N) is 1. The Morgan fingerprint density at radius 2 is 2.06 bits per heavy atom. The van der Waals surface area contributed by atoms with E-state index >= 15 is 0 Å². The van der Waals surface area contributed by atoms with E-state index in [1.54, 1.807) is 0 Å². The highest BCUT2D eigenvalue weighted by Crippen LogP contribution is 2.22. The first-order valence-corrected chi connectivity index (χ1v) is 6.11. The van der Waals surface area contributed by atoms with Gasteiger partial charge < -0.3 is 0 Å². The van der Waals surface area contributed by atoms with Crippen LogP contribution < -0.4 is 0 Å². The van der Waals surface area contributed by atoms with Gasteiger partial charge in [0, 0.05) is 18.0 Å². The molecule has 84 valence electrons. The van der Waals surface area contributed by atoms with Crippen LogP contribution in [0.2, 0.25) is 0 Å². The fourth-order valence-corrected chi connectivity index (χ4v) is 2.34. The SMILES string of the molecule is C1=CCCC(Cc2nccc3ccccc23)=C1. The van der Waals surface area contributed by atoms with Gasteiger partial charge in [0.15, 0.2) is 0 Å². The third kappa shape index (κ3) is 2.14. The van der Waals surface area contributed by atoms with Crippen molar-refractivity contribution in [2.24, 2.45) is 0 Å². The van der Waals surface area contributed by atoms with Crippen LogP contribution in [0.25, 0.3) is 10.8 Å². The lowest BCUT2D eigenvalue weighted by atomic mass is 9.98. The lowest BCUT2D eigenvalue weighted by Crippen LogP contribution is -1.97. The van der Waals surface area contributed by atoms with Crippen LogP contribution in [0.4, 0.5) is 0 Å². The molecule has 0 saturated carbocycles. The van der Waals surface area contributed by atoms with Gasteiger partial charge in [-0.1, -0.05) is 48.1 Å². The van der Waals surface area contributed by atoms with Crippen molar-refractivity contribution in [2.45, 2.75) is 19.3 Å². The summed E-state index contributed by atoms with van der Waals surface area (Å²) in [6.07, 6.45) is 11.8. The fourth-order valence-electron chi connectivity index (χ4n) is 2.34. The molecule has 1 aromatic heterocycles. The van der Waals surface area contributed by atoms with Crippen LogP contribution in [0.5, 0.6) is 0 Å². The summed E-state index contributed by atoms with van der Waals surface area (Å²) >= 11 is 0. The molecule has 0 saturated heterocycles. The van der Waals surface area contributed by atoms with Crippen molar-refractivity contribution in [3.05, 3.63) is 66.0 Å². The van der Waals surface area contributed by atoms with Crippen molar-refractivity contribution >= 4 is 10.8 Å². The van der Waals surface area contributed by atoms with Gasteiger partial charge in [-0.15, -0.1) is 0 Å². The maximum absolute atomic E-state index is 4.54. The first-order chi connectivity index (χ1) is 8.43. The zero-order valence-corrected chi connectivity index (χ0v) is 9.76. The van der Waals surface area contributed by atoms with Gasteiger partial charge in [-0.25, -0.2) is 0 Å². The predicted molar refractivity (Wildman–Crippen MR) is 71.9 cm³/mol. The highest BCUT2D eigenvalue weighted by Gasteiger charge is 2.06. The van der Waals surface area contributed by atoms with Gasteiger partial charge in [0.05, 0.1) is 5.69 Å². The van der Waals surface area contributed by atoms with Crippen molar-refractivity contribution in [3.63, 3.8) is 0 Å². The molecule has 1 nitrogen and oxygen atoms in total. The van der Waals surface area contributed by atoms with Crippen molar-refractivity contribution < 1.29 is 0 Å². The van der Waals surface area contributed by atoms with Crippen LogP contribution in [0.3, 0.4) is 0 Å². The van der Waals surface area contributed by atoms with Crippen molar-refractivity contribution in [1.82, 2.24) is 4.98 Å². The van der Waals surface area contributed by atoms with Crippen LogP contribution in [-0.4, -0.2) is 4.98 Å². The van der Waals surface area contributed by atoms with E-state index in [9.17, 15) is 0 Å². The number of hydrogen-bond donors (Lipinski definition) is 0. The first kappa shape index (κ1) is 10.3. The van der Waals surface area contributed by atoms with Crippen LogP contribution in [0, 0.1) is 0 Å². The Hall–Kier alpha value is -1.89. The summed E-state index contributed by atoms with van der Waals surface area (Å²) in [6.45, 7) is 0.